The van der Waals surface area contributed by atoms with E-state index in [1.54, 1.807) is 0 Å². The summed E-state index contributed by atoms with van der Waals surface area (Å²) in [6.07, 6.45) is 2.52. The first-order chi connectivity index (χ1) is 19.9. The molecule has 8 heteroatoms. The molecule has 1 fully saturated rings. The first-order valence-electron chi connectivity index (χ1n) is 14.4. The lowest BCUT2D eigenvalue weighted by Crippen LogP contribution is -2.26. The van der Waals surface area contributed by atoms with E-state index in [0.717, 1.165) is 82.2 Å². The predicted molar refractivity (Wildman–Crippen MR) is 156 cm³/mol. The molecule has 0 spiro atoms. The fourth-order valence-corrected chi connectivity index (χ4v) is 6.33. The van der Waals surface area contributed by atoms with Gasteiger partial charge in [-0.3, -0.25) is 9.59 Å². The number of carbonyl (C=O) groups is 2. The molecule has 0 aromatic heterocycles. The molecule has 0 aliphatic carbocycles. The Bertz CT molecular complexity index is 1460. The third-order valence-electron chi connectivity index (χ3n) is 8.26. The number of ether oxygens (including phenoxy) is 3. The van der Waals surface area contributed by atoms with Crippen molar-refractivity contribution in [1.29, 1.82) is 0 Å². The number of rotatable bonds is 10. The number of nitrogens with zero attached hydrogens (tertiary/aromatic N) is 1. The Hall–Kier alpha value is -4.20. The van der Waals surface area contributed by atoms with Gasteiger partial charge >= 0.3 is 5.97 Å². The number of benzene rings is 3. The molecular weight excluding hydrogens is 520 g/mol. The standard InChI is InChI=1S/C33H36N2O6/c1-20-14-24(39-13-5-12-35-11-4-8-30(35)36)15-21(2)32(20)27-7-3-6-26-28(19-41-33(26)27)34-23-9-10-25-22(16-31(37)38)18-40-29(25)17-23/h3,6-7,9-10,14-15,17,22,28,34H,4-5,8,11-13,16,18-19H2,1-2H3,(H,37,38). The van der Waals surface area contributed by atoms with Crippen LogP contribution >= 0.6 is 0 Å². The maximum atomic E-state index is 11.8. The van der Waals surface area contributed by atoms with Crippen molar-refractivity contribution in [2.24, 2.45) is 0 Å². The highest BCUT2D eigenvalue weighted by Gasteiger charge is 2.30. The number of hydrogen-bond acceptors (Lipinski definition) is 6. The summed E-state index contributed by atoms with van der Waals surface area (Å²) in [4.78, 5) is 24.9. The molecular formula is C33H36N2O6. The van der Waals surface area contributed by atoms with Crippen LogP contribution in [0.2, 0.25) is 0 Å². The lowest BCUT2D eigenvalue weighted by atomic mass is 9.92. The smallest absolute Gasteiger partial charge is 0.304 e. The molecule has 0 saturated carbocycles. The van der Waals surface area contributed by atoms with Crippen LogP contribution in [0.5, 0.6) is 17.2 Å². The van der Waals surface area contributed by atoms with Crippen molar-refractivity contribution in [3.05, 3.63) is 70.8 Å². The third-order valence-corrected chi connectivity index (χ3v) is 8.26. The molecule has 2 unspecified atom stereocenters. The van der Waals surface area contributed by atoms with E-state index in [0.29, 0.717) is 26.2 Å². The maximum absolute atomic E-state index is 11.8. The fourth-order valence-electron chi connectivity index (χ4n) is 6.33. The van der Waals surface area contributed by atoms with Gasteiger partial charge in [0.05, 0.1) is 25.7 Å². The van der Waals surface area contributed by atoms with Crippen molar-refractivity contribution in [2.75, 3.05) is 38.2 Å². The Morgan fingerprint density at radius 1 is 1.07 bits per heavy atom. The number of likely N-dealkylation sites (tertiary alicyclic amines) is 1. The second kappa shape index (κ2) is 11.4. The molecule has 2 atom stereocenters. The van der Waals surface area contributed by atoms with Crippen molar-refractivity contribution in [1.82, 2.24) is 4.90 Å². The lowest BCUT2D eigenvalue weighted by molar-refractivity contribution is -0.137. The van der Waals surface area contributed by atoms with E-state index in [-0.39, 0.29) is 24.3 Å². The number of aliphatic carboxylic acids is 1. The molecule has 3 aromatic carbocycles. The van der Waals surface area contributed by atoms with E-state index >= 15 is 0 Å². The van der Waals surface area contributed by atoms with Crippen molar-refractivity contribution < 1.29 is 28.9 Å². The first-order valence-corrected chi connectivity index (χ1v) is 14.4. The molecule has 1 saturated heterocycles. The number of fused-ring (bicyclic) bond motifs is 2. The van der Waals surface area contributed by atoms with Crippen LogP contribution in [-0.2, 0) is 9.59 Å². The average Bonchev–Trinajstić information content (AvgIpc) is 3.65. The van der Waals surface area contributed by atoms with Crippen molar-refractivity contribution in [2.45, 2.75) is 51.5 Å². The minimum absolute atomic E-state index is 0.0232. The Morgan fingerprint density at radius 3 is 2.66 bits per heavy atom. The van der Waals surface area contributed by atoms with Gasteiger partial charge in [0.25, 0.3) is 0 Å². The molecule has 0 bridgehead atoms. The molecule has 2 N–H and O–H groups in total. The highest BCUT2D eigenvalue weighted by Crippen LogP contribution is 2.45. The lowest BCUT2D eigenvalue weighted by Gasteiger charge is -2.18. The Labute approximate surface area is 240 Å². The maximum Gasteiger partial charge on any atom is 0.304 e. The normalized spacial score (nSPS) is 19.0. The molecule has 0 radical (unpaired) electrons. The van der Waals surface area contributed by atoms with Gasteiger partial charge in [0.1, 0.15) is 23.9 Å². The Balaban J connectivity index is 1.15. The Morgan fingerprint density at radius 2 is 1.90 bits per heavy atom. The summed E-state index contributed by atoms with van der Waals surface area (Å²) in [5.74, 6) is 1.80. The van der Waals surface area contributed by atoms with Crippen molar-refractivity contribution in [3.63, 3.8) is 0 Å². The molecule has 214 valence electrons. The fraction of sp³-hybridized carbons (Fsp3) is 0.394. The van der Waals surface area contributed by atoms with E-state index in [2.05, 4.69) is 49.5 Å². The van der Waals surface area contributed by atoms with E-state index in [1.165, 1.54) is 0 Å². The van der Waals surface area contributed by atoms with Gasteiger partial charge in [-0.25, -0.2) is 0 Å². The highest BCUT2D eigenvalue weighted by molar-refractivity contribution is 5.79. The van der Waals surface area contributed by atoms with Gasteiger partial charge in [0.2, 0.25) is 5.91 Å². The van der Waals surface area contributed by atoms with Crippen LogP contribution in [0.4, 0.5) is 5.69 Å². The zero-order valence-corrected chi connectivity index (χ0v) is 23.6. The topological polar surface area (TPSA) is 97.3 Å². The van der Waals surface area contributed by atoms with Gasteiger partial charge in [0.15, 0.2) is 0 Å². The molecule has 3 heterocycles. The highest BCUT2D eigenvalue weighted by atomic mass is 16.5. The largest absolute Gasteiger partial charge is 0.494 e. The molecule has 8 nitrogen and oxygen atoms in total. The summed E-state index contributed by atoms with van der Waals surface area (Å²) in [6.45, 7) is 7.29. The third kappa shape index (κ3) is 5.56. The van der Waals surface area contributed by atoms with Gasteiger partial charge in [-0.05, 0) is 61.6 Å². The van der Waals surface area contributed by atoms with Crippen molar-refractivity contribution in [3.8, 4) is 28.4 Å². The monoisotopic (exact) mass is 556 g/mol. The number of amides is 1. The number of aryl methyl sites for hydroxylation is 2. The van der Waals surface area contributed by atoms with E-state index < -0.39 is 5.97 Å². The van der Waals surface area contributed by atoms with Crippen LogP contribution in [0.25, 0.3) is 11.1 Å². The molecule has 3 aliphatic heterocycles. The SMILES string of the molecule is Cc1cc(OCCCN2CCCC2=O)cc(C)c1-c1cccc2c1OCC2Nc1ccc2c(c1)OCC2CC(=O)O. The molecule has 3 aromatic rings. The number of hydrogen-bond donors (Lipinski definition) is 2. The summed E-state index contributed by atoms with van der Waals surface area (Å²) in [5.41, 5.74) is 7.41. The number of nitrogens with one attached hydrogen (secondary N) is 1. The van der Waals surface area contributed by atoms with Gasteiger partial charge < -0.3 is 29.5 Å². The van der Waals surface area contributed by atoms with Gasteiger partial charge in [0, 0.05) is 53.9 Å². The molecule has 6 rings (SSSR count). The predicted octanol–water partition coefficient (Wildman–Crippen LogP) is 5.86. The summed E-state index contributed by atoms with van der Waals surface area (Å²) < 4.78 is 18.1. The zero-order valence-electron chi connectivity index (χ0n) is 23.6. The minimum atomic E-state index is -0.816. The second-order valence-electron chi connectivity index (χ2n) is 11.2. The first kappa shape index (κ1) is 27.0. The van der Waals surface area contributed by atoms with E-state index in [9.17, 15) is 14.7 Å². The second-order valence-corrected chi connectivity index (χ2v) is 11.2. The molecule has 41 heavy (non-hydrogen) atoms. The average molecular weight is 557 g/mol. The van der Waals surface area contributed by atoms with Gasteiger partial charge in [-0.15, -0.1) is 0 Å². The van der Waals surface area contributed by atoms with E-state index in [1.807, 2.05) is 23.1 Å². The number of carboxylic acids is 1. The quantitative estimate of drug-likeness (QED) is 0.302. The summed E-state index contributed by atoms with van der Waals surface area (Å²) in [6, 6.07) is 16.3. The van der Waals surface area contributed by atoms with Gasteiger partial charge in [-0.1, -0.05) is 24.3 Å². The van der Waals surface area contributed by atoms with Crippen molar-refractivity contribution >= 4 is 17.6 Å². The van der Waals surface area contributed by atoms with Crippen LogP contribution < -0.4 is 19.5 Å². The number of carbonyl (C=O) groups excluding carboxylic acids is 1. The Kier molecular flexibility index (Phi) is 7.47. The molecule has 3 aliphatic rings. The van der Waals surface area contributed by atoms with Crippen LogP contribution in [0.15, 0.2) is 48.5 Å². The van der Waals surface area contributed by atoms with Crippen LogP contribution in [0.3, 0.4) is 0 Å². The van der Waals surface area contributed by atoms with Gasteiger partial charge in [-0.2, -0.15) is 0 Å². The summed E-state index contributed by atoms with van der Waals surface area (Å²) in [7, 11) is 0. The zero-order chi connectivity index (χ0) is 28.5. The van der Waals surface area contributed by atoms with Crippen LogP contribution in [0.1, 0.15) is 59.9 Å². The van der Waals surface area contributed by atoms with E-state index in [4.69, 9.17) is 14.2 Å². The number of anilines is 1. The van der Waals surface area contributed by atoms with Crippen LogP contribution in [-0.4, -0.2) is 54.8 Å². The number of carboxylic acid groups (broad SMARTS) is 1. The van der Waals surface area contributed by atoms with Crippen LogP contribution in [0, 0.1) is 13.8 Å². The summed E-state index contributed by atoms with van der Waals surface area (Å²) in [5, 5.41) is 12.8. The number of para-hydroxylation sites is 1. The summed E-state index contributed by atoms with van der Waals surface area (Å²) >= 11 is 0. The minimum Gasteiger partial charge on any atom is -0.494 e. The molecule has 1 amide bonds.